The molecule has 0 bridgehead atoms. The zero-order valence-electron chi connectivity index (χ0n) is 20.8. The molecule has 34 heavy (non-hydrogen) atoms. The van der Waals surface area contributed by atoms with E-state index in [0.29, 0.717) is 31.5 Å². The first kappa shape index (κ1) is 27.3. The Morgan fingerprint density at radius 3 is 2.50 bits per heavy atom. The van der Waals surface area contributed by atoms with Crippen LogP contribution in [0.2, 0.25) is 0 Å². The number of anilines is 1. The minimum Gasteiger partial charge on any atom is -0.465 e. The molecule has 1 fully saturated rings. The first-order valence-electron chi connectivity index (χ1n) is 11.8. The second kappa shape index (κ2) is 12.5. The normalized spacial score (nSPS) is 17.6. The monoisotopic (exact) mass is 475 g/mol. The second-order valence-electron chi connectivity index (χ2n) is 9.34. The summed E-state index contributed by atoms with van der Waals surface area (Å²) in [6, 6.07) is 6.93. The predicted molar refractivity (Wildman–Crippen MR) is 128 cm³/mol. The van der Waals surface area contributed by atoms with Crippen molar-refractivity contribution < 1.29 is 28.7 Å². The quantitative estimate of drug-likeness (QED) is 0.387. The maximum atomic E-state index is 13.2. The zero-order valence-corrected chi connectivity index (χ0v) is 20.8. The fraction of sp³-hybridized carbons (Fsp3) is 0.600. The molecule has 1 saturated heterocycles. The molecule has 2 rings (SSSR count). The summed E-state index contributed by atoms with van der Waals surface area (Å²) >= 11 is 0. The minimum absolute atomic E-state index is 0.197. The molecule has 0 aromatic heterocycles. The molecule has 1 aromatic carbocycles. The molecule has 1 aliphatic heterocycles. The number of carbonyl (C=O) groups is 4. The van der Waals surface area contributed by atoms with E-state index in [9.17, 15) is 19.2 Å². The molecule has 9 nitrogen and oxygen atoms in total. The molecule has 9 heteroatoms. The number of esters is 2. The van der Waals surface area contributed by atoms with Gasteiger partial charge in [-0.1, -0.05) is 18.2 Å². The number of para-hydroxylation sites is 1. The summed E-state index contributed by atoms with van der Waals surface area (Å²) in [5, 5.41) is 3.06. The molecule has 0 radical (unpaired) electrons. The van der Waals surface area contributed by atoms with Gasteiger partial charge in [0.05, 0.1) is 12.6 Å². The van der Waals surface area contributed by atoms with Crippen molar-refractivity contribution in [2.75, 3.05) is 24.6 Å². The number of benzene rings is 1. The largest absolute Gasteiger partial charge is 0.465 e. The first-order chi connectivity index (χ1) is 16.1. The molecule has 1 aromatic rings. The Kier molecular flexibility index (Phi) is 10.0. The summed E-state index contributed by atoms with van der Waals surface area (Å²) in [7, 11) is 0. The lowest BCUT2D eigenvalue weighted by Crippen LogP contribution is -2.54. The van der Waals surface area contributed by atoms with Gasteiger partial charge >= 0.3 is 11.9 Å². The van der Waals surface area contributed by atoms with Crippen molar-refractivity contribution in [2.24, 2.45) is 0 Å². The summed E-state index contributed by atoms with van der Waals surface area (Å²) in [5.74, 6) is -1.19. The minimum atomic E-state index is -0.798. The smallest absolute Gasteiger partial charge is 0.329 e. The molecular weight excluding hydrogens is 438 g/mol. The van der Waals surface area contributed by atoms with Crippen molar-refractivity contribution in [3.63, 3.8) is 0 Å². The highest BCUT2D eigenvalue weighted by Crippen LogP contribution is 2.22. The molecule has 3 atom stereocenters. The third-order valence-corrected chi connectivity index (χ3v) is 5.48. The first-order valence-corrected chi connectivity index (χ1v) is 11.8. The van der Waals surface area contributed by atoms with Gasteiger partial charge in [-0.05, 0) is 66.0 Å². The molecule has 1 aliphatic rings. The predicted octanol–water partition coefficient (Wildman–Crippen LogP) is 2.28. The fourth-order valence-electron chi connectivity index (χ4n) is 3.91. The van der Waals surface area contributed by atoms with E-state index >= 15 is 0 Å². The Labute approximate surface area is 201 Å². The maximum Gasteiger partial charge on any atom is 0.329 e. The van der Waals surface area contributed by atoms with Crippen LogP contribution in [0.3, 0.4) is 0 Å². The molecule has 0 aliphatic carbocycles. The van der Waals surface area contributed by atoms with Crippen LogP contribution in [0.4, 0.5) is 5.69 Å². The van der Waals surface area contributed by atoms with E-state index < -0.39 is 35.7 Å². The summed E-state index contributed by atoms with van der Waals surface area (Å²) in [4.78, 5) is 53.0. The van der Waals surface area contributed by atoms with Crippen LogP contribution < -0.4 is 10.2 Å². The lowest BCUT2D eigenvalue weighted by Gasteiger charge is -2.30. The van der Waals surface area contributed by atoms with Gasteiger partial charge in [0.25, 0.3) is 0 Å². The van der Waals surface area contributed by atoms with Crippen molar-refractivity contribution in [3.8, 4) is 0 Å². The third kappa shape index (κ3) is 7.83. The van der Waals surface area contributed by atoms with E-state index in [2.05, 4.69) is 5.32 Å². The summed E-state index contributed by atoms with van der Waals surface area (Å²) in [6.07, 6.45) is 2.20. The van der Waals surface area contributed by atoms with Gasteiger partial charge in [0.15, 0.2) is 0 Å². The molecular formula is C25H37N3O6. The second-order valence-corrected chi connectivity index (χ2v) is 9.34. The van der Waals surface area contributed by atoms with Gasteiger partial charge in [-0.3, -0.25) is 19.7 Å². The summed E-state index contributed by atoms with van der Waals surface area (Å²) < 4.78 is 10.7. The maximum absolute atomic E-state index is 13.2. The van der Waals surface area contributed by atoms with E-state index in [1.807, 2.05) is 18.2 Å². The van der Waals surface area contributed by atoms with Gasteiger partial charge in [0.2, 0.25) is 12.3 Å². The average Bonchev–Trinajstić information content (AvgIpc) is 3.28. The Balaban J connectivity index is 2.06. The number of hydrogen-bond acceptors (Lipinski definition) is 7. The van der Waals surface area contributed by atoms with Crippen LogP contribution in [0.1, 0.15) is 53.9 Å². The van der Waals surface area contributed by atoms with Crippen molar-refractivity contribution in [1.29, 1.82) is 0 Å². The van der Waals surface area contributed by atoms with Crippen LogP contribution in [-0.4, -0.2) is 72.6 Å². The van der Waals surface area contributed by atoms with Gasteiger partial charge in [-0.2, -0.15) is 0 Å². The van der Waals surface area contributed by atoms with Crippen molar-refractivity contribution in [1.82, 2.24) is 10.2 Å². The molecule has 1 heterocycles. The Hall–Kier alpha value is -2.94. The van der Waals surface area contributed by atoms with Crippen molar-refractivity contribution >= 4 is 29.9 Å². The van der Waals surface area contributed by atoms with Crippen LogP contribution in [0, 0.1) is 0 Å². The highest BCUT2D eigenvalue weighted by atomic mass is 16.6. The van der Waals surface area contributed by atoms with Gasteiger partial charge in [0, 0.05) is 18.8 Å². The van der Waals surface area contributed by atoms with E-state index in [1.165, 1.54) is 9.80 Å². The number of carbonyl (C=O) groups excluding carboxylic acids is 4. The van der Waals surface area contributed by atoms with E-state index in [4.69, 9.17) is 9.47 Å². The summed E-state index contributed by atoms with van der Waals surface area (Å²) in [6.45, 7) is 9.65. The highest BCUT2D eigenvalue weighted by molar-refractivity contribution is 5.88. The number of amides is 2. The molecule has 1 unspecified atom stereocenters. The fourth-order valence-corrected chi connectivity index (χ4v) is 3.91. The van der Waals surface area contributed by atoms with Crippen LogP contribution in [0.5, 0.6) is 0 Å². The number of ether oxygens (including phenoxy) is 2. The Morgan fingerprint density at radius 1 is 1.24 bits per heavy atom. The van der Waals surface area contributed by atoms with Crippen LogP contribution in [-0.2, 0) is 28.7 Å². The topological polar surface area (TPSA) is 105 Å². The zero-order chi connectivity index (χ0) is 25.3. The van der Waals surface area contributed by atoms with Crippen LogP contribution in [0.25, 0.3) is 0 Å². The SMILES string of the molecule is CCOC(=O)C(CCN(C=O)c1ccccc1)N[C@@H](C)C(=O)N1CCC[C@H]1C(=O)OC(C)(C)C. The van der Waals surface area contributed by atoms with E-state index in [0.717, 1.165) is 0 Å². The van der Waals surface area contributed by atoms with E-state index in [-0.39, 0.29) is 25.5 Å². The molecule has 1 N–H and O–H groups in total. The summed E-state index contributed by atoms with van der Waals surface area (Å²) in [5.41, 5.74) is 0.0673. The Morgan fingerprint density at radius 2 is 1.91 bits per heavy atom. The number of nitrogens with zero attached hydrogens (tertiary/aromatic N) is 2. The van der Waals surface area contributed by atoms with Gasteiger partial charge in [-0.25, -0.2) is 4.79 Å². The molecule has 0 spiro atoms. The average molecular weight is 476 g/mol. The van der Waals surface area contributed by atoms with Crippen molar-refractivity contribution in [2.45, 2.75) is 77.6 Å². The van der Waals surface area contributed by atoms with Crippen molar-refractivity contribution in [3.05, 3.63) is 30.3 Å². The molecule has 188 valence electrons. The lowest BCUT2D eigenvalue weighted by molar-refractivity contribution is -0.163. The highest BCUT2D eigenvalue weighted by Gasteiger charge is 2.39. The standard InChI is InChI=1S/C25H37N3O6/c1-6-33-23(31)20(14-16-27(17-29)19-11-8-7-9-12-19)26-18(2)22(30)28-15-10-13-21(28)24(32)34-25(3,4)5/h7-9,11-12,17-18,20-21,26H,6,10,13-16H2,1-5H3/t18-,20?,21-/m0/s1. The van der Waals surface area contributed by atoms with Gasteiger partial charge < -0.3 is 19.3 Å². The van der Waals surface area contributed by atoms with Gasteiger partial charge in [-0.15, -0.1) is 0 Å². The Bertz CT molecular complexity index is 839. The molecule has 0 saturated carbocycles. The number of hydrogen-bond donors (Lipinski definition) is 1. The molecule has 2 amide bonds. The number of likely N-dealkylation sites (tertiary alicyclic amines) is 1. The lowest BCUT2D eigenvalue weighted by atomic mass is 10.1. The van der Waals surface area contributed by atoms with Crippen LogP contribution >= 0.6 is 0 Å². The third-order valence-electron chi connectivity index (χ3n) is 5.48. The van der Waals surface area contributed by atoms with Gasteiger partial charge in [0.1, 0.15) is 17.7 Å². The van der Waals surface area contributed by atoms with E-state index in [1.54, 1.807) is 46.8 Å². The number of rotatable bonds is 11. The van der Waals surface area contributed by atoms with Crippen LogP contribution in [0.15, 0.2) is 30.3 Å². The number of nitrogens with one attached hydrogen (secondary N) is 1.